The molecule has 28 heavy (non-hydrogen) atoms. The van der Waals surface area contributed by atoms with Crippen molar-refractivity contribution in [3.05, 3.63) is 60.2 Å². The van der Waals surface area contributed by atoms with Gasteiger partial charge in [0.15, 0.2) is 5.69 Å². The molecule has 3 aromatic rings. The Balaban J connectivity index is 1.29. The Bertz CT molecular complexity index is 896. The molecule has 1 aliphatic heterocycles. The van der Waals surface area contributed by atoms with Gasteiger partial charge in [-0.3, -0.25) is 14.2 Å². The van der Waals surface area contributed by atoms with Crippen LogP contribution in [-0.2, 0) is 13.1 Å². The van der Waals surface area contributed by atoms with E-state index in [9.17, 15) is 4.79 Å². The minimum atomic E-state index is -0.277. The third-order valence-electron chi connectivity index (χ3n) is 4.97. The number of nitrogens with zero attached hydrogens (tertiary/aromatic N) is 5. The van der Waals surface area contributed by atoms with E-state index in [0.29, 0.717) is 24.0 Å². The van der Waals surface area contributed by atoms with E-state index in [2.05, 4.69) is 26.0 Å². The number of piperidine rings is 1. The fourth-order valence-electron chi connectivity index (χ4n) is 3.45. The average Bonchev–Trinajstić information content (AvgIpc) is 3.38. The largest absolute Gasteiger partial charge is 0.318 e. The maximum absolute atomic E-state index is 12.4. The zero-order chi connectivity index (χ0) is 19.2. The van der Waals surface area contributed by atoms with E-state index in [1.165, 1.54) is 19.3 Å². The Morgan fingerprint density at radius 1 is 1.18 bits per heavy atom. The predicted molar refractivity (Wildman–Crippen MR) is 106 cm³/mol. The van der Waals surface area contributed by atoms with Crippen molar-refractivity contribution in [3.63, 3.8) is 0 Å². The fourth-order valence-corrected chi connectivity index (χ4v) is 3.45. The molecule has 0 bridgehead atoms. The first kappa shape index (κ1) is 18.4. The van der Waals surface area contributed by atoms with Crippen molar-refractivity contribution in [3.8, 4) is 0 Å². The van der Waals surface area contributed by atoms with Gasteiger partial charge in [0, 0.05) is 18.8 Å². The van der Waals surface area contributed by atoms with Gasteiger partial charge >= 0.3 is 0 Å². The lowest BCUT2D eigenvalue weighted by Gasteiger charge is -2.23. The van der Waals surface area contributed by atoms with Crippen LogP contribution in [0.5, 0.6) is 0 Å². The summed E-state index contributed by atoms with van der Waals surface area (Å²) < 4.78 is 3.53. The second kappa shape index (κ2) is 8.79. The maximum Gasteiger partial charge on any atom is 0.277 e. The number of carbonyl (C=O) groups excluding carboxylic acids is 1. The van der Waals surface area contributed by atoms with Crippen LogP contribution < -0.4 is 10.6 Å². The summed E-state index contributed by atoms with van der Waals surface area (Å²) in [6, 6.07) is 10.6. The van der Waals surface area contributed by atoms with Gasteiger partial charge in [0.05, 0.1) is 24.6 Å². The maximum atomic E-state index is 12.4. The molecule has 8 heteroatoms. The smallest absolute Gasteiger partial charge is 0.277 e. The van der Waals surface area contributed by atoms with Gasteiger partial charge < -0.3 is 10.6 Å². The molecule has 1 saturated heterocycles. The van der Waals surface area contributed by atoms with E-state index in [4.69, 9.17) is 0 Å². The molecule has 1 amide bonds. The van der Waals surface area contributed by atoms with Crippen LogP contribution in [0.1, 0.15) is 41.7 Å². The summed E-state index contributed by atoms with van der Waals surface area (Å²) in [6.45, 7) is 2.50. The quantitative estimate of drug-likeness (QED) is 0.657. The van der Waals surface area contributed by atoms with Gasteiger partial charge in [-0.05, 0) is 31.4 Å². The molecule has 0 saturated carbocycles. The first-order chi connectivity index (χ1) is 13.8. The molecule has 2 N–H and O–H groups in total. The van der Waals surface area contributed by atoms with E-state index in [1.54, 1.807) is 21.8 Å². The minimum Gasteiger partial charge on any atom is -0.318 e. The van der Waals surface area contributed by atoms with Crippen molar-refractivity contribution in [2.24, 2.45) is 0 Å². The molecule has 0 spiro atoms. The van der Waals surface area contributed by atoms with E-state index in [0.717, 1.165) is 25.1 Å². The summed E-state index contributed by atoms with van der Waals surface area (Å²) in [4.78, 5) is 12.4. The molecule has 2 aromatic heterocycles. The summed E-state index contributed by atoms with van der Waals surface area (Å²) in [5.41, 5.74) is 2.10. The normalized spacial score (nSPS) is 16.8. The number of nitrogens with one attached hydrogen (secondary N) is 2. The molecule has 0 radical (unpaired) electrons. The van der Waals surface area contributed by atoms with E-state index in [1.807, 2.05) is 36.5 Å². The van der Waals surface area contributed by atoms with Crippen LogP contribution in [0, 0.1) is 0 Å². The van der Waals surface area contributed by atoms with Crippen molar-refractivity contribution in [2.75, 3.05) is 11.9 Å². The third-order valence-corrected chi connectivity index (χ3v) is 4.97. The monoisotopic (exact) mass is 379 g/mol. The highest BCUT2D eigenvalue weighted by Gasteiger charge is 2.15. The predicted octanol–water partition coefficient (Wildman–Crippen LogP) is 2.31. The van der Waals surface area contributed by atoms with Crippen LogP contribution in [0.25, 0.3) is 0 Å². The van der Waals surface area contributed by atoms with Gasteiger partial charge in [-0.15, -0.1) is 5.10 Å². The van der Waals surface area contributed by atoms with Gasteiger partial charge in [0.25, 0.3) is 5.91 Å². The van der Waals surface area contributed by atoms with Crippen molar-refractivity contribution < 1.29 is 4.79 Å². The SMILES string of the molecule is O=C(Nc1cnn(Cc2ccccc2)c1)c1cn(CCC2CCCCN2)nn1. The van der Waals surface area contributed by atoms with Gasteiger partial charge in [-0.25, -0.2) is 0 Å². The van der Waals surface area contributed by atoms with Crippen molar-refractivity contribution >= 4 is 11.6 Å². The fraction of sp³-hybridized carbons (Fsp3) is 0.400. The number of hydrogen-bond acceptors (Lipinski definition) is 5. The summed E-state index contributed by atoms with van der Waals surface area (Å²) >= 11 is 0. The lowest BCUT2D eigenvalue weighted by Crippen LogP contribution is -2.34. The van der Waals surface area contributed by atoms with E-state index < -0.39 is 0 Å². The van der Waals surface area contributed by atoms with Gasteiger partial charge in [-0.2, -0.15) is 5.10 Å². The van der Waals surface area contributed by atoms with Crippen LogP contribution in [0.15, 0.2) is 48.9 Å². The summed E-state index contributed by atoms with van der Waals surface area (Å²) in [6.07, 6.45) is 9.88. The Labute approximate surface area is 163 Å². The second-order valence-corrected chi connectivity index (χ2v) is 7.17. The summed E-state index contributed by atoms with van der Waals surface area (Å²) in [5.74, 6) is -0.277. The molecule has 1 aliphatic rings. The van der Waals surface area contributed by atoms with Crippen molar-refractivity contribution in [1.82, 2.24) is 30.1 Å². The Hall–Kier alpha value is -3.00. The van der Waals surface area contributed by atoms with Gasteiger partial charge in [0.2, 0.25) is 0 Å². The highest BCUT2D eigenvalue weighted by molar-refractivity contribution is 6.02. The lowest BCUT2D eigenvalue weighted by atomic mass is 10.0. The summed E-state index contributed by atoms with van der Waals surface area (Å²) in [5, 5.41) is 18.7. The molecule has 4 rings (SSSR count). The average molecular weight is 379 g/mol. The second-order valence-electron chi connectivity index (χ2n) is 7.17. The first-order valence-electron chi connectivity index (χ1n) is 9.77. The van der Waals surface area contributed by atoms with Crippen LogP contribution in [0.4, 0.5) is 5.69 Å². The third kappa shape index (κ3) is 4.83. The van der Waals surface area contributed by atoms with Crippen molar-refractivity contribution in [1.29, 1.82) is 0 Å². The standard InChI is InChI=1S/C20H25N7O/c28-20(19-15-26(25-24-19)11-9-17-8-4-5-10-21-17)23-18-12-22-27(14-18)13-16-6-2-1-3-7-16/h1-3,6-7,12,14-15,17,21H,4-5,8-11,13H2,(H,23,28). The Kier molecular flexibility index (Phi) is 5.77. The van der Waals surface area contributed by atoms with E-state index in [-0.39, 0.29) is 5.91 Å². The van der Waals surface area contributed by atoms with Crippen LogP contribution >= 0.6 is 0 Å². The number of rotatable bonds is 7. The van der Waals surface area contributed by atoms with Crippen LogP contribution in [-0.4, -0.2) is 43.3 Å². The molecule has 0 aliphatic carbocycles. The topological polar surface area (TPSA) is 89.7 Å². The minimum absolute atomic E-state index is 0.277. The number of amides is 1. The lowest BCUT2D eigenvalue weighted by molar-refractivity contribution is 0.102. The first-order valence-corrected chi connectivity index (χ1v) is 9.77. The molecular weight excluding hydrogens is 354 g/mol. The Morgan fingerprint density at radius 3 is 2.89 bits per heavy atom. The molecule has 3 heterocycles. The zero-order valence-corrected chi connectivity index (χ0v) is 15.8. The molecule has 8 nitrogen and oxygen atoms in total. The van der Waals surface area contributed by atoms with Gasteiger partial charge in [-0.1, -0.05) is 42.0 Å². The van der Waals surface area contributed by atoms with Crippen molar-refractivity contribution in [2.45, 2.75) is 44.8 Å². The number of benzene rings is 1. The number of aryl methyl sites for hydroxylation is 1. The molecule has 146 valence electrons. The van der Waals surface area contributed by atoms with Gasteiger partial charge in [0.1, 0.15) is 0 Å². The van der Waals surface area contributed by atoms with Crippen LogP contribution in [0.3, 0.4) is 0 Å². The van der Waals surface area contributed by atoms with E-state index >= 15 is 0 Å². The number of anilines is 1. The number of hydrogen-bond donors (Lipinski definition) is 2. The number of aromatic nitrogens is 5. The molecule has 1 aromatic carbocycles. The highest BCUT2D eigenvalue weighted by Crippen LogP contribution is 2.12. The van der Waals surface area contributed by atoms with Crippen LogP contribution in [0.2, 0.25) is 0 Å². The highest BCUT2D eigenvalue weighted by atomic mass is 16.2. The summed E-state index contributed by atoms with van der Waals surface area (Å²) in [7, 11) is 0. The Morgan fingerprint density at radius 2 is 2.07 bits per heavy atom. The zero-order valence-electron chi connectivity index (χ0n) is 15.8. The molecular formula is C20H25N7O. The molecule has 1 fully saturated rings. The number of carbonyl (C=O) groups is 1. The molecule has 1 atom stereocenters. The molecule has 1 unspecified atom stereocenters.